The summed E-state index contributed by atoms with van der Waals surface area (Å²) < 4.78 is 4.93. The van der Waals surface area contributed by atoms with E-state index in [1.807, 2.05) is 0 Å². The lowest BCUT2D eigenvalue weighted by Crippen LogP contribution is -2.47. The molecular formula is C19H30N2O4. The molecule has 0 aromatic carbocycles. The maximum Gasteiger partial charge on any atom is 0.328 e. The van der Waals surface area contributed by atoms with Crippen LogP contribution in [-0.4, -0.2) is 48.4 Å². The van der Waals surface area contributed by atoms with Crippen LogP contribution in [0, 0.1) is 11.8 Å². The van der Waals surface area contributed by atoms with Crippen molar-refractivity contribution in [3.63, 3.8) is 0 Å². The Hall–Kier alpha value is -1.59. The molecule has 1 heterocycles. The van der Waals surface area contributed by atoms with Crippen LogP contribution in [0.4, 0.5) is 0 Å². The topological polar surface area (TPSA) is 75.7 Å². The van der Waals surface area contributed by atoms with E-state index in [0.717, 1.165) is 51.4 Å². The van der Waals surface area contributed by atoms with Crippen LogP contribution in [-0.2, 0) is 19.1 Å². The van der Waals surface area contributed by atoms with Gasteiger partial charge in [0.15, 0.2) is 0 Å². The minimum Gasteiger partial charge on any atom is -0.467 e. The molecule has 0 bridgehead atoms. The average Bonchev–Trinajstić information content (AvgIpc) is 3.28. The fourth-order valence-electron chi connectivity index (χ4n) is 4.92. The molecule has 3 rings (SSSR count). The van der Waals surface area contributed by atoms with Gasteiger partial charge in [0, 0.05) is 24.9 Å². The van der Waals surface area contributed by atoms with Crippen molar-refractivity contribution in [1.82, 2.24) is 10.2 Å². The first kappa shape index (κ1) is 18.2. The fourth-order valence-corrected chi connectivity index (χ4v) is 4.92. The molecule has 0 aromatic heterocycles. The smallest absolute Gasteiger partial charge is 0.328 e. The third kappa shape index (κ3) is 3.98. The number of esters is 1. The second-order valence-electron chi connectivity index (χ2n) is 7.71. The summed E-state index contributed by atoms with van der Waals surface area (Å²) in [6, 6.07) is -0.285. The zero-order valence-corrected chi connectivity index (χ0v) is 15.2. The van der Waals surface area contributed by atoms with Gasteiger partial charge in [-0.2, -0.15) is 0 Å². The summed E-state index contributed by atoms with van der Waals surface area (Å²) in [5.74, 6) is 0.267. The van der Waals surface area contributed by atoms with Crippen LogP contribution in [0.3, 0.4) is 0 Å². The van der Waals surface area contributed by atoms with Crippen molar-refractivity contribution in [3.8, 4) is 0 Å². The largest absolute Gasteiger partial charge is 0.467 e. The number of nitrogens with zero attached hydrogens (tertiary/aromatic N) is 1. The van der Waals surface area contributed by atoms with Gasteiger partial charge in [0.05, 0.1) is 7.11 Å². The number of rotatable bonds is 5. The summed E-state index contributed by atoms with van der Waals surface area (Å²) in [7, 11) is 1.38. The van der Waals surface area contributed by atoms with Gasteiger partial charge in [-0.25, -0.2) is 4.79 Å². The molecule has 3 fully saturated rings. The normalized spacial score (nSPS) is 29.3. The zero-order chi connectivity index (χ0) is 17.8. The Morgan fingerprint density at radius 1 is 1.04 bits per heavy atom. The molecule has 2 aliphatic carbocycles. The molecule has 0 spiro atoms. The Labute approximate surface area is 149 Å². The van der Waals surface area contributed by atoms with Gasteiger partial charge in [-0.05, 0) is 38.0 Å². The van der Waals surface area contributed by atoms with Crippen molar-refractivity contribution in [2.24, 2.45) is 11.8 Å². The number of methoxy groups -OCH3 is 1. The molecule has 0 radical (unpaired) electrons. The predicted octanol–water partition coefficient (Wildman–Crippen LogP) is 2.02. The number of nitrogens with one attached hydrogen (secondary N) is 1. The van der Waals surface area contributed by atoms with Crippen LogP contribution in [0.2, 0.25) is 0 Å². The third-order valence-electron chi connectivity index (χ3n) is 6.21. The number of carbonyl (C=O) groups excluding carboxylic acids is 3. The SMILES string of the molecule is COC(=O)[C@@H]1C[C@@H]2CCCC[C@H]2N1C(=O)CCNC(=O)C1CCCC1. The van der Waals surface area contributed by atoms with Crippen molar-refractivity contribution in [2.75, 3.05) is 13.7 Å². The molecule has 3 aliphatic rings. The van der Waals surface area contributed by atoms with Gasteiger partial charge in [0.1, 0.15) is 6.04 Å². The Balaban J connectivity index is 1.56. The number of likely N-dealkylation sites (tertiary alicyclic amines) is 1. The predicted molar refractivity (Wildman–Crippen MR) is 92.6 cm³/mol. The van der Waals surface area contributed by atoms with Crippen molar-refractivity contribution in [1.29, 1.82) is 0 Å². The molecule has 25 heavy (non-hydrogen) atoms. The molecule has 3 atom stereocenters. The number of fused-ring (bicyclic) bond motifs is 1. The van der Waals surface area contributed by atoms with Crippen molar-refractivity contribution < 1.29 is 19.1 Å². The van der Waals surface area contributed by atoms with E-state index < -0.39 is 6.04 Å². The van der Waals surface area contributed by atoms with Gasteiger partial charge >= 0.3 is 5.97 Å². The van der Waals surface area contributed by atoms with Gasteiger partial charge < -0.3 is 15.0 Å². The van der Waals surface area contributed by atoms with E-state index >= 15 is 0 Å². The Morgan fingerprint density at radius 2 is 1.72 bits per heavy atom. The van der Waals surface area contributed by atoms with Crippen LogP contribution in [0.1, 0.15) is 64.2 Å². The van der Waals surface area contributed by atoms with Crippen LogP contribution in [0.25, 0.3) is 0 Å². The van der Waals surface area contributed by atoms with Gasteiger partial charge in [-0.1, -0.05) is 25.7 Å². The van der Waals surface area contributed by atoms with Crippen LogP contribution in [0.15, 0.2) is 0 Å². The van der Waals surface area contributed by atoms with E-state index in [2.05, 4.69) is 5.32 Å². The first-order chi connectivity index (χ1) is 12.1. The van der Waals surface area contributed by atoms with Gasteiger partial charge in [0.2, 0.25) is 11.8 Å². The van der Waals surface area contributed by atoms with E-state index in [-0.39, 0.29) is 36.2 Å². The van der Waals surface area contributed by atoms with E-state index in [0.29, 0.717) is 12.5 Å². The highest BCUT2D eigenvalue weighted by molar-refractivity contribution is 5.86. The molecule has 2 amide bonds. The maximum absolute atomic E-state index is 12.8. The molecule has 1 aliphatic heterocycles. The Kier molecular flexibility index (Phi) is 5.97. The fraction of sp³-hybridized carbons (Fsp3) is 0.842. The van der Waals surface area contributed by atoms with Gasteiger partial charge in [-0.3, -0.25) is 9.59 Å². The lowest BCUT2D eigenvalue weighted by atomic mass is 9.84. The monoisotopic (exact) mass is 350 g/mol. The minimum absolute atomic E-state index is 0.0310. The zero-order valence-electron chi connectivity index (χ0n) is 15.2. The van der Waals surface area contributed by atoms with Crippen molar-refractivity contribution >= 4 is 17.8 Å². The standard InChI is InChI=1S/C19H30N2O4/c1-25-19(24)16-12-14-8-4-5-9-15(14)21(16)17(22)10-11-20-18(23)13-6-2-3-7-13/h13-16H,2-12H2,1H3,(H,20,23)/t14-,15+,16-/m0/s1. The maximum atomic E-state index is 12.8. The highest BCUT2D eigenvalue weighted by Crippen LogP contribution is 2.40. The number of carbonyl (C=O) groups is 3. The first-order valence-corrected chi connectivity index (χ1v) is 9.78. The average molecular weight is 350 g/mol. The summed E-state index contributed by atoms with van der Waals surface area (Å²) in [4.78, 5) is 38.8. The lowest BCUT2D eigenvalue weighted by molar-refractivity contribution is -0.152. The van der Waals surface area contributed by atoms with Crippen LogP contribution in [0.5, 0.6) is 0 Å². The summed E-state index contributed by atoms with van der Waals surface area (Å²) >= 11 is 0. The Morgan fingerprint density at radius 3 is 2.44 bits per heavy atom. The van der Waals surface area contributed by atoms with Gasteiger partial charge in [0.25, 0.3) is 0 Å². The van der Waals surface area contributed by atoms with E-state index in [4.69, 9.17) is 4.74 Å². The lowest BCUT2D eigenvalue weighted by Gasteiger charge is -2.33. The van der Waals surface area contributed by atoms with Crippen molar-refractivity contribution in [2.45, 2.75) is 76.3 Å². The molecule has 2 saturated carbocycles. The molecular weight excluding hydrogens is 320 g/mol. The highest BCUT2D eigenvalue weighted by atomic mass is 16.5. The Bertz CT molecular complexity index is 516. The number of amides is 2. The summed E-state index contributed by atoms with van der Waals surface area (Å²) in [6.45, 7) is 0.357. The number of hydrogen-bond donors (Lipinski definition) is 1. The minimum atomic E-state index is -0.448. The van der Waals surface area contributed by atoms with Crippen molar-refractivity contribution in [3.05, 3.63) is 0 Å². The van der Waals surface area contributed by atoms with Crippen LogP contribution < -0.4 is 5.32 Å². The third-order valence-corrected chi connectivity index (χ3v) is 6.21. The second-order valence-corrected chi connectivity index (χ2v) is 7.71. The summed E-state index contributed by atoms with van der Waals surface area (Å²) in [5, 5.41) is 2.91. The van der Waals surface area contributed by atoms with E-state index in [1.165, 1.54) is 13.5 Å². The number of hydrogen-bond acceptors (Lipinski definition) is 4. The second kappa shape index (κ2) is 8.19. The quantitative estimate of drug-likeness (QED) is 0.770. The number of ether oxygens (including phenoxy) is 1. The van der Waals surface area contributed by atoms with Gasteiger partial charge in [-0.15, -0.1) is 0 Å². The molecule has 6 heteroatoms. The summed E-state index contributed by atoms with van der Waals surface area (Å²) in [5.41, 5.74) is 0. The first-order valence-electron chi connectivity index (χ1n) is 9.78. The molecule has 1 saturated heterocycles. The molecule has 6 nitrogen and oxygen atoms in total. The van der Waals surface area contributed by atoms with Crippen LogP contribution >= 0.6 is 0 Å². The highest BCUT2D eigenvalue weighted by Gasteiger charge is 2.47. The molecule has 1 N–H and O–H groups in total. The van der Waals surface area contributed by atoms with E-state index in [9.17, 15) is 14.4 Å². The summed E-state index contributed by atoms with van der Waals surface area (Å²) in [6.07, 6.45) is 9.47. The molecule has 140 valence electrons. The van der Waals surface area contributed by atoms with E-state index in [1.54, 1.807) is 4.90 Å². The molecule has 0 unspecified atom stereocenters. The molecule has 0 aromatic rings.